The van der Waals surface area contributed by atoms with Crippen LogP contribution in [0, 0.1) is 0 Å². The highest BCUT2D eigenvalue weighted by Gasteiger charge is 2.51. The third-order valence-electron chi connectivity index (χ3n) is 7.41. The number of esters is 1. The Hall–Kier alpha value is -2.94. The van der Waals surface area contributed by atoms with E-state index in [1.54, 1.807) is 18.5 Å². The van der Waals surface area contributed by atoms with Gasteiger partial charge in [0.25, 0.3) is 5.91 Å². The standard InChI is InChI=1S/C26H29F3N2O4/c1-24(34,26(27,28)29)18-7-5-17(6-8-18)22(32)31(20-9-10-20)21-11-13-25(14-12-21,23(33)35-2)19-4-3-15-30-16-19/h3-8,15-16,20-21,34H,9-14H2,1-2H3/t21-,24-,25+/m0/s1. The first-order valence-corrected chi connectivity index (χ1v) is 11.7. The number of pyridine rings is 1. The van der Waals surface area contributed by atoms with Gasteiger partial charge in [0.15, 0.2) is 5.60 Å². The molecule has 1 amide bonds. The fraction of sp³-hybridized carbons (Fsp3) is 0.500. The molecular weight excluding hydrogens is 461 g/mol. The zero-order valence-electron chi connectivity index (χ0n) is 19.7. The predicted octanol–water partition coefficient (Wildman–Crippen LogP) is 4.51. The van der Waals surface area contributed by atoms with Gasteiger partial charge in [0, 0.05) is 30.0 Å². The largest absolute Gasteiger partial charge is 0.468 e. The Bertz CT molecular complexity index is 1060. The molecule has 1 aromatic carbocycles. The zero-order valence-corrected chi connectivity index (χ0v) is 19.7. The molecule has 0 bridgehead atoms. The van der Waals surface area contributed by atoms with Gasteiger partial charge in [-0.25, -0.2) is 0 Å². The third-order valence-corrected chi connectivity index (χ3v) is 7.41. The Morgan fingerprint density at radius 1 is 1.06 bits per heavy atom. The molecule has 1 N–H and O–H groups in total. The maximum atomic E-state index is 13.4. The molecule has 2 aliphatic rings. The topological polar surface area (TPSA) is 79.7 Å². The van der Waals surface area contributed by atoms with E-state index in [1.807, 2.05) is 11.0 Å². The lowest BCUT2D eigenvalue weighted by Gasteiger charge is -2.42. The average Bonchev–Trinajstić information content (AvgIpc) is 3.69. The minimum Gasteiger partial charge on any atom is -0.468 e. The molecule has 0 spiro atoms. The van der Waals surface area contributed by atoms with Crippen LogP contribution in [0.1, 0.15) is 66.9 Å². The van der Waals surface area contributed by atoms with Crippen LogP contribution in [0.25, 0.3) is 0 Å². The van der Waals surface area contributed by atoms with Crippen LogP contribution in [0.2, 0.25) is 0 Å². The highest BCUT2D eigenvalue weighted by molar-refractivity contribution is 5.95. The first-order valence-electron chi connectivity index (χ1n) is 11.7. The second-order valence-electron chi connectivity index (χ2n) is 9.64. The summed E-state index contributed by atoms with van der Waals surface area (Å²) in [6.07, 6.45) is 2.41. The molecule has 1 heterocycles. The van der Waals surface area contributed by atoms with E-state index >= 15 is 0 Å². The van der Waals surface area contributed by atoms with Crippen LogP contribution in [0.4, 0.5) is 13.2 Å². The van der Waals surface area contributed by atoms with E-state index < -0.39 is 17.2 Å². The number of ether oxygens (including phenoxy) is 1. The van der Waals surface area contributed by atoms with E-state index in [-0.39, 0.29) is 35.1 Å². The first kappa shape index (κ1) is 25.2. The molecule has 4 rings (SSSR count). The molecule has 9 heteroatoms. The fourth-order valence-electron chi connectivity index (χ4n) is 5.06. The Kier molecular flexibility index (Phi) is 6.66. The minimum absolute atomic E-state index is 0.0782. The Morgan fingerprint density at radius 2 is 1.66 bits per heavy atom. The molecule has 0 saturated heterocycles. The molecule has 0 unspecified atom stereocenters. The first-order chi connectivity index (χ1) is 16.5. The zero-order chi connectivity index (χ0) is 25.4. The van der Waals surface area contributed by atoms with Crippen molar-refractivity contribution in [3.63, 3.8) is 0 Å². The maximum Gasteiger partial charge on any atom is 0.421 e. The maximum absolute atomic E-state index is 13.4. The van der Waals surface area contributed by atoms with Gasteiger partial charge in [0.2, 0.25) is 0 Å². The van der Waals surface area contributed by atoms with Crippen molar-refractivity contribution in [1.82, 2.24) is 9.88 Å². The number of nitrogens with zero attached hydrogens (tertiary/aromatic N) is 2. The number of carbonyl (C=O) groups is 2. The molecule has 35 heavy (non-hydrogen) atoms. The lowest BCUT2D eigenvalue weighted by atomic mass is 9.68. The van der Waals surface area contributed by atoms with Crippen LogP contribution < -0.4 is 0 Å². The van der Waals surface area contributed by atoms with Crippen molar-refractivity contribution in [2.24, 2.45) is 0 Å². The molecule has 2 saturated carbocycles. The highest BCUT2D eigenvalue weighted by Crippen LogP contribution is 2.44. The molecule has 6 nitrogen and oxygen atoms in total. The number of hydrogen-bond acceptors (Lipinski definition) is 5. The van der Waals surface area contributed by atoms with Crippen molar-refractivity contribution >= 4 is 11.9 Å². The third kappa shape index (κ3) is 4.66. The van der Waals surface area contributed by atoms with Crippen molar-refractivity contribution in [3.8, 4) is 0 Å². The highest BCUT2D eigenvalue weighted by atomic mass is 19.4. The monoisotopic (exact) mass is 490 g/mol. The number of aromatic nitrogens is 1. The summed E-state index contributed by atoms with van der Waals surface area (Å²) >= 11 is 0. The molecular formula is C26H29F3N2O4. The van der Waals surface area contributed by atoms with Gasteiger partial charge in [-0.1, -0.05) is 18.2 Å². The summed E-state index contributed by atoms with van der Waals surface area (Å²) < 4.78 is 44.6. The van der Waals surface area contributed by atoms with Crippen molar-refractivity contribution in [1.29, 1.82) is 0 Å². The van der Waals surface area contributed by atoms with Gasteiger partial charge in [0.05, 0.1) is 12.5 Å². The number of benzene rings is 1. The summed E-state index contributed by atoms with van der Waals surface area (Å²) in [5.74, 6) is -0.566. The van der Waals surface area contributed by atoms with Crippen LogP contribution in [0.3, 0.4) is 0 Å². The molecule has 0 radical (unpaired) electrons. The summed E-state index contributed by atoms with van der Waals surface area (Å²) in [5.41, 5.74) is -3.07. The van der Waals surface area contributed by atoms with E-state index in [0.717, 1.165) is 30.5 Å². The number of alkyl halides is 3. The van der Waals surface area contributed by atoms with Crippen LogP contribution in [-0.4, -0.2) is 52.2 Å². The number of aliphatic hydroxyl groups is 1. The molecule has 2 aromatic rings. The quantitative estimate of drug-likeness (QED) is 0.603. The summed E-state index contributed by atoms with van der Waals surface area (Å²) in [6, 6.07) is 8.61. The van der Waals surface area contributed by atoms with Crippen LogP contribution >= 0.6 is 0 Å². The molecule has 1 atom stereocenters. The van der Waals surface area contributed by atoms with Gasteiger partial charge in [-0.05, 0) is 74.8 Å². The lowest BCUT2D eigenvalue weighted by molar-refractivity contribution is -0.258. The van der Waals surface area contributed by atoms with Gasteiger partial charge in [-0.2, -0.15) is 13.2 Å². The summed E-state index contributed by atoms with van der Waals surface area (Å²) in [6.45, 7) is 0.693. The number of amides is 1. The fourth-order valence-corrected chi connectivity index (χ4v) is 5.06. The van der Waals surface area contributed by atoms with Crippen molar-refractivity contribution in [2.75, 3.05) is 7.11 Å². The van der Waals surface area contributed by atoms with Crippen molar-refractivity contribution in [2.45, 2.75) is 74.7 Å². The minimum atomic E-state index is -4.83. The van der Waals surface area contributed by atoms with E-state index in [9.17, 15) is 27.9 Å². The normalized spacial score (nSPS) is 24.3. The second-order valence-corrected chi connectivity index (χ2v) is 9.64. The van der Waals surface area contributed by atoms with Gasteiger partial charge in [0.1, 0.15) is 0 Å². The lowest BCUT2D eigenvalue weighted by Crippen LogP contribution is -2.49. The van der Waals surface area contributed by atoms with Gasteiger partial charge < -0.3 is 14.7 Å². The molecule has 1 aromatic heterocycles. The molecule has 188 valence electrons. The average molecular weight is 491 g/mol. The number of hydrogen-bond donors (Lipinski definition) is 1. The van der Waals surface area contributed by atoms with Crippen LogP contribution in [0.5, 0.6) is 0 Å². The molecule has 2 fully saturated rings. The van der Waals surface area contributed by atoms with Gasteiger partial charge in [-0.15, -0.1) is 0 Å². The Balaban J connectivity index is 1.53. The van der Waals surface area contributed by atoms with Gasteiger partial charge in [-0.3, -0.25) is 14.6 Å². The van der Waals surface area contributed by atoms with E-state index in [2.05, 4.69) is 4.98 Å². The second kappa shape index (κ2) is 9.26. The number of methoxy groups -OCH3 is 1. The van der Waals surface area contributed by atoms with E-state index in [4.69, 9.17) is 4.74 Å². The molecule has 2 aliphatic carbocycles. The Morgan fingerprint density at radius 3 is 2.14 bits per heavy atom. The SMILES string of the molecule is COC(=O)[C@]1(c2cccnc2)CC[C@H](N(C(=O)c2ccc([C@](C)(O)C(F)(F)F)cc2)C2CC2)CC1. The summed E-state index contributed by atoms with van der Waals surface area (Å²) in [4.78, 5) is 32.3. The number of carbonyl (C=O) groups excluding carboxylic acids is 2. The smallest absolute Gasteiger partial charge is 0.421 e. The van der Waals surface area contributed by atoms with E-state index in [0.29, 0.717) is 32.6 Å². The number of halogens is 3. The van der Waals surface area contributed by atoms with Crippen molar-refractivity contribution < 1.29 is 32.6 Å². The van der Waals surface area contributed by atoms with Gasteiger partial charge >= 0.3 is 12.1 Å². The van der Waals surface area contributed by atoms with Crippen molar-refractivity contribution in [3.05, 3.63) is 65.5 Å². The van der Waals surface area contributed by atoms with E-state index in [1.165, 1.54) is 19.2 Å². The molecule has 0 aliphatic heterocycles. The summed E-state index contributed by atoms with van der Waals surface area (Å²) in [5, 5.41) is 9.91. The number of rotatable bonds is 6. The van der Waals surface area contributed by atoms with Crippen LogP contribution in [0.15, 0.2) is 48.8 Å². The predicted molar refractivity (Wildman–Crippen MR) is 121 cm³/mol. The van der Waals surface area contributed by atoms with Crippen LogP contribution in [-0.2, 0) is 20.5 Å². The summed E-state index contributed by atoms with van der Waals surface area (Å²) in [7, 11) is 1.37. The Labute approximate surface area is 202 Å².